The summed E-state index contributed by atoms with van der Waals surface area (Å²) >= 11 is 1.59. The summed E-state index contributed by atoms with van der Waals surface area (Å²) in [4.78, 5) is 17.6. The Morgan fingerprint density at radius 2 is 2.38 bits per heavy atom. The van der Waals surface area contributed by atoms with Crippen LogP contribution in [0.1, 0.15) is 11.8 Å². The third-order valence-corrected chi connectivity index (χ3v) is 3.09. The molecule has 0 bridgehead atoms. The molecule has 2 heterocycles. The third-order valence-electron chi connectivity index (χ3n) is 1.90. The Morgan fingerprint density at radius 1 is 1.54 bits per heavy atom. The monoisotopic (exact) mass is 191 g/mol. The molecule has 0 saturated carbocycles. The van der Waals surface area contributed by atoms with Gasteiger partial charge < -0.3 is 0 Å². The molecule has 0 amide bonds. The van der Waals surface area contributed by atoms with Crippen LogP contribution in [0, 0.1) is 0 Å². The molecule has 0 fully saturated rings. The molecular formula is C10H9NOS. The highest BCUT2D eigenvalue weighted by Gasteiger charge is 2.00. The highest BCUT2D eigenvalue weighted by Crippen LogP contribution is 2.16. The number of pyridine rings is 1. The Kier molecular flexibility index (Phi) is 2.10. The quantitative estimate of drug-likeness (QED) is 0.691. The van der Waals surface area contributed by atoms with Crippen LogP contribution in [-0.2, 0) is 6.42 Å². The smallest absolute Gasteiger partial charge is 0.189 e. The van der Waals surface area contributed by atoms with E-state index in [0.717, 1.165) is 21.5 Å². The largest absolute Gasteiger partial charge is 0.289 e. The topological polar surface area (TPSA) is 30.0 Å². The average Bonchev–Trinajstić information content (AvgIpc) is 2.18. The van der Waals surface area contributed by atoms with Gasteiger partial charge >= 0.3 is 0 Å². The van der Waals surface area contributed by atoms with Crippen LogP contribution in [-0.4, -0.2) is 4.98 Å². The number of rotatable bonds is 1. The second-order valence-corrected chi connectivity index (χ2v) is 3.90. The van der Waals surface area contributed by atoms with Crippen LogP contribution in [0.2, 0.25) is 0 Å². The lowest BCUT2D eigenvalue weighted by Crippen LogP contribution is -2.00. The fourth-order valence-electron chi connectivity index (χ4n) is 1.21. The van der Waals surface area contributed by atoms with Gasteiger partial charge in [0.05, 0.1) is 5.39 Å². The van der Waals surface area contributed by atoms with Crippen molar-refractivity contribution < 1.29 is 0 Å². The van der Waals surface area contributed by atoms with Crippen molar-refractivity contribution >= 4 is 21.6 Å². The zero-order chi connectivity index (χ0) is 9.26. The molecule has 0 atom stereocenters. The van der Waals surface area contributed by atoms with Crippen LogP contribution in [0.25, 0.3) is 10.2 Å². The molecule has 66 valence electrons. The van der Waals surface area contributed by atoms with Gasteiger partial charge in [0, 0.05) is 11.1 Å². The van der Waals surface area contributed by atoms with Crippen LogP contribution in [0.3, 0.4) is 0 Å². The molecule has 13 heavy (non-hydrogen) atoms. The Morgan fingerprint density at radius 3 is 3.15 bits per heavy atom. The summed E-state index contributed by atoms with van der Waals surface area (Å²) in [5, 5.41) is 0.727. The molecule has 2 rings (SSSR count). The van der Waals surface area contributed by atoms with Crippen molar-refractivity contribution in [3.63, 3.8) is 0 Å². The van der Waals surface area contributed by atoms with Crippen molar-refractivity contribution in [2.45, 2.75) is 13.3 Å². The molecule has 0 aromatic carbocycles. The van der Waals surface area contributed by atoms with Crippen molar-refractivity contribution in [3.05, 3.63) is 39.5 Å². The maximum atomic E-state index is 11.5. The second kappa shape index (κ2) is 3.26. The number of aryl methyl sites for hydroxylation is 1. The van der Waals surface area contributed by atoms with Crippen LogP contribution in [0.4, 0.5) is 0 Å². The first-order chi connectivity index (χ1) is 6.31. The summed E-state index contributed by atoms with van der Waals surface area (Å²) in [7, 11) is 0. The molecule has 0 spiro atoms. The van der Waals surface area contributed by atoms with Gasteiger partial charge in [-0.25, -0.2) is 4.98 Å². The molecular weight excluding hydrogens is 182 g/mol. The number of hydrogen-bond donors (Lipinski definition) is 0. The van der Waals surface area contributed by atoms with E-state index >= 15 is 0 Å². The maximum absolute atomic E-state index is 11.5. The Hall–Kier alpha value is -1.22. The summed E-state index contributed by atoms with van der Waals surface area (Å²) in [5.74, 6) is 0. The summed E-state index contributed by atoms with van der Waals surface area (Å²) in [6.07, 6.45) is 2.62. The summed E-state index contributed by atoms with van der Waals surface area (Å²) in [6.45, 7) is 2.04. The van der Waals surface area contributed by atoms with Crippen molar-refractivity contribution in [1.29, 1.82) is 0 Å². The zero-order valence-corrected chi connectivity index (χ0v) is 8.10. The van der Waals surface area contributed by atoms with Crippen molar-refractivity contribution in [3.8, 4) is 0 Å². The van der Waals surface area contributed by atoms with Gasteiger partial charge in [0.1, 0.15) is 4.83 Å². The van der Waals surface area contributed by atoms with E-state index in [2.05, 4.69) is 4.98 Å². The molecule has 2 aromatic rings. The lowest BCUT2D eigenvalue weighted by molar-refractivity contribution is 1.18. The van der Waals surface area contributed by atoms with Gasteiger partial charge in [-0.2, -0.15) is 0 Å². The molecule has 0 radical (unpaired) electrons. The zero-order valence-electron chi connectivity index (χ0n) is 7.28. The van der Waals surface area contributed by atoms with E-state index in [1.165, 1.54) is 0 Å². The Bertz CT molecular complexity index is 489. The predicted octanol–water partition coefficient (Wildman–Crippen LogP) is 2.22. The predicted molar refractivity (Wildman–Crippen MR) is 55.3 cm³/mol. The Balaban J connectivity index is 2.85. The van der Waals surface area contributed by atoms with Crippen molar-refractivity contribution in [1.82, 2.24) is 4.98 Å². The van der Waals surface area contributed by atoms with Crippen LogP contribution in [0.5, 0.6) is 0 Å². The first-order valence-electron chi connectivity index (χ1n) is 4.19. The van der Waals surface area contributed by atoms with E-state index in [0.29, 0.717) is 0 Å². The van der Waals surface area contributed by atoms with Gasteiger partial charge in [-0.05, 0) is 24.6 Å². The van der Waals surface area contributed by atoms with E-state index < -0.39 is 0 Å². The van der Waals surface area contributed by atoms with Crippen LogP contribution < -0.4 is 5.43 Å². The van der Waals surface area contributed by atoms with Gasteiger partial charge in [-0.3, -0.25) is 4.79 Å². The highest BCUT2D eigenvalue weighted by atomic mass is 32.1. The lowest BCUT2D eigenvalue weighted by atomic mass is 10.3. The number of hydrogen-bond acceptors (Lipinski definition) is 3. The van der Waals surface area contributed by atoms with E-state index in [9.17, 15) is 4.79 Å². The van der Waals surface area contributed by atoms with Gasteiger partial charge in [0.2, 0.25) is 0 Å². The molecule has 2 nitrogen and oxygen atoms in total. The normalized spacial score (nSPS) is 10.5. The Labute approximate surface area is 79.9 Å². The summed E-state index contributed by atoms with van der Waals surface area (Å²) in [6, 6.07) is 5.32. The number of aromatic nitrogens is 1. The van der Waals surface area contributed by atoms with E-state index in [1.807, 2.05) is 13.0 Å². The molecule has 0 unspecified atom stereocenters. The molecule has 0 aliphatic carbocycles. The van der Waals surface area contributed by atoms with E-state index in [4.69, 9.17) is 0 Å². The molecule has 0 aliphatic heterocycles. The molecule has 0 N–H and O–H groups in total. The number of fused-ring (bicyclic) bond motifs is 1. The second-order valence-electron chi connectivity index (χ2n) is 2.79. The van der Waals surface area contributed by atoms with Gasteiger partial charge in [0.15, 0.2) is 5.43 Å². The first kappa shape index (κ1) is 8.38. The summed E-state index contributed by atoms with van der Waals surface area (Å²) in [5.41, 5.74) is 0.0821. The minimum absolute atomic E-state index is 0.0821. The minimum atomic E-state index is 0.0821. The van der Waals surface area contributed by atoms with Gasteiger partial charge in [-0.1, -0.05) is 6.92 Å². The molecule has 3 heteroatoms. The molecule has 0 aliphatic rings. The van der Waals surface area contributed by atoms with Crippen molar-refractivity contribution in [2.75, 3.05) is 0 Å². The maximum Gasteiger partial charge on any atom is 0.189 e. The minimum Gasteiger partial charge on any atom is -0.289 e. The van der Waals surface area contributed by atoms with Crippen LogP contribution in [0.15, 0.2) is 29.2 Å². The van der Waals surface area contributed by atoms with E-state index in [1.54, 1.807) is 29.7 Å². The van der Waals surface area contributed by atoms with Gasteiger partial charge in [0.25, 0.3) is 0 Å². The third kappa shape index (κ3) is 1.47. The fraction of sp³-hybridized carbons (Fsp3) is 0.200. The fourth-order valence-corrected chi connectivity index (χ4v) is 2.16. The molecule has 0 saturated heterocycles. The molecule has 2 aromatic heterocycles. The summed E-state index contributed by atoms with van der Waals surface area (Å²) < 4.78 is 0. The van der Waals surface area contributed by atoms with E-state index in [-0.39, 0.29) is 5.43 Å². The first-order valence-corrected chi connectivity index (χ1v) is 5.00. The average molecular weight is 191 g/mol. The van der Waals surface area contributed by atoms with Crippen LogP contribution >= 0.6 is 11.3 Å². The lowest BCUT2D eigenvalue weighted by Gasteiger charge is -1.96. The number of nitrogens with zero attached hydrogens (tertiary/aromatic N) is 1. The standard InChI is InChI=1S/C10H9NOS/c1-2-7-6-9(12)8-4-3-5-11-10(8)13-7/h3-6H,2H2,1H3. The SMILES string of the molecule is CCc1cc(=O)c2cccnc2s1. The van der Waals surface area contributed by atoms with Crippen molar-refractivity contribution in [2.24, 2.45) is 0 Å². The van der Waals surface area contributed by atoms with Gasteiger partial charge in [-0.15, -0.1) is 11.3 Å². The highest BCUT2D eigenvalue weighted by molar-refractivity contribution is 7.17.